The largest absolute Gasteiger partial charge is 0.462 e. The van der Waals surface area contributed by atoms with Crippen molar-refractivity contribution >= 4 is 5.97 Å². The van der Waals surface area contributed by atoms with E-state index in [2.05, 4.69) is 0 Å². The van der Waals surface area contributed by atoms with Gasteiger partial charge in [0.05, 0.1) is 5.41 Å². The monoisotopic (exact) mass is 614 g/mol. The smallest absolute Gasteiger partial charge is 0.426 e. The average Bonchev–Trinajstić information content (AvgIpc) is 2.66. The molecule has 2 N–H and O–H groups in total. The second-order valence-corrected chi connectivity index (χ2v) is 13.0. The SMILES string of the molecule is CC(C)(C)CC(C)(C(=O)OC1CC(C(O)(C(F)(F)F)C(F)(F)F)CC(C(O)(C(F)(F)F)C(F)(F)F)C1)C(C)(C)C. The highest BCUT2D eigenvalue weighted by Gasteiger charge is 2.78. The molecular formula is C24H34F12O4. The number of hydrogen-bond acceptors (Lipinski definition) is 4. The first kappa shape index (κ1) is 36.6. The number of esters is 1. The molecule has 40 heavy (non-hydrogen) atoms. The van der Waals surface area contributed by atoms with Crippen LogP contribution in [0.1, 0.15) is 74.1 Å². The van der Waals surface area contributed by atoms with Gasteiger partial charge in [0.2, 0.25) is 0 Å². The van der Waals surface area contributed by atoms with Crippen LogP contribution in [0.3, 0.4) is 0 Å². The van der Waals surface area contributed by atoms with Gasteiger partial charge in [-0.2, -0.15) is 52.7 Å². The normalized spacial score (nSPS) is 24.5. The van der Waals surface area contributed by atoms with Gasteiger partial charge in [-0.25, -0.2) is 0 Å². The molecule has 1 rings (SSSR count). The highest BCUT2D eigenvalue weighted by molar-refractivity contribution is 5.77. The summed E-state index contributed by atoms with van der Waals surface area (Å²) in [5.41, 5.74) is -14.8. The third-order valence-corrected chi connectivity index (χ3v) is 7.84. The summed E-state index contributed by atoms with van der Waals surface area (Å²) in [4.78, 5) is 13.3. The molecule has 0 aromatic carbocycles. The zero-order valence-corrected chi connectivity index (χ0v) is 22.8. The summed E-state index contributed by atoms with van der Waals surface area (Å²) in [6, 6.07) is 0. The van der Waals surface area contributed by atoms with Gasteiger partial charge >= 0.3 is 30.7 Å². The van der Waals surface area contributed by atoms with Crippen LogP contribution in [-0.2, 0) is 9.53 Å². The number of hydrogen-bond donors (Lipinski definition) is 2. The van der Waals surface area contributed by atoms with Crippen LogP contribution in [0.2, 0.25) is 0 Å². The summed E-state index contributed by atoms with van der Waals surface area (Å²) in [7, 11) is 0. The highest BCUT2D eigenvalue weighted by Crippen LogP contribution is 2.58. The van der Waals surface area contributed by atoms with Crippen molar-refractivity contribution in [1.29, 1.82) is 0 Å². The Balaban J connectivity index is 3.81. The average molecular weight is 615 g/mol. The van der Waals surface area contributed by atoms with E-state index in [9.17, 15) is 67.7 Å². The van der Waals surface area contributed by atoms with Gasteiger partial charge in [0.15, 0.2) is 0 Å². The summed E-state index contributed by atoms with van der Waals surface area (Å²) >= 11 is 0. The Labute approximate surface area is 223 Å². The molecule has 1 fully saturated rings. The topological polar surface area (TPSA) is 66.8 Å². The number of ether oxygens (including phenoxy) is 1. The van der Waals surface area contributed by atoms with Crippen LogP contribution in [0.15, 0.2) is 0 Å². The fraction of sp³-hybridized carbons (Fsp3) is 0.958. The lowest BCUT2D eigenvalue weighted by Crippen LogP contribution is -2.67. The fourth-order valence-electron chi connectivity index (χ4n) is 5.28. The Hall–Kier alpha value is -1.45. The first-order chi connectivity index (χ1) is 17.2. The molecule has 3 unspecified atom stereocenters. The van der Waals surface area contributed by atoms with Gasteiger partial charge in [-0.15, -0.1) is 0 Å². The number of alkyl halides is 12. The van der Waals surface area contributed by atoms with E-state index in [-0.39, 0.29) is 6.42 Å². The molecule has 0 spiro atoms. The van der Waals surface area contributed by atoms with Crippen LogP contribution < -0.4 is 0 Å². The minimum Gasteiger partial charge on any atom is -0.462 e. The zero-order chi connectivity index (χ0) is 32.3. The fourth-order valence-corrected chi connectivity index (χ4v) is 5.28. The summed E-state index contributed by atoms with van der Waals surface area (Å²) < 4.78 is 168. The van der Waals surface area contributed by atoms with Crippen LogP contribution in [-0.4, -0.2) is 58.2 Å². The van der Waals surface area contributed by atoms with Crippen molar-refractivity contribution < 1.29 is 72.4 Å². The van der Waals surface area contributed by atoms with Gasteiger partial charge < -0.3 is 14.9 Å². The van der Waals surface area contributed by atoms with Crippen molar-refractivity contribution in [3.8, 4) is 0 Å². The van der Waals surface area contributed by atoms with Crippen LogP contribution in [0.25, 0.3) is 0 Å². The van der Waals surface area contributed by atoms with E-state index in [1.165, 1.54) is 27.7 Å². The van der Waals surface area contributed by atoms with E-state index < -0.39 is 95.3 Å². The maximum Gasteiger partial charge on any atom is 0.426 e. The van der Waals surface area contributed by atoms with Crippen LogP contribution in [0.5, 0.6) is 0 Å². The summed E-state index contributed by atoms with van der Waals surface area (Å²) in [5, 5.41) is 19.7. The molecule has 0 aromatic rings. The third-order valence-electron chi connectivity index (χ3n) is 7.84. The molecule has 1 saturated carbocycles. The Morgan fingerprint density at radius 1 is 0.625 bits per heavy atom. The van der Waals surface area contributed by atoms with Gasteiger partial charge in [0, 0.05) is 11.8 Å². The van der Waals surface area contributed by atoms with E-state index in [1.807, 2.05) is 0 Å². The third kappa shape index (κ3) is 6.62. The Morgan fingerprint density at radius 2 is 0.925 bits per heavy atom. The second-order valence-electron chi connectivity index (χ2n) is 13.0. The van der Waals surface area contributed by atoms with E-state index in [4.69, 9.17) is 4.74 Å². The predicted molar refractivity (Wildman–Crippen MR) is 116 cm³/mol. The van der Waals surface area contributed by atoms with Crippen molar-refractivity contribution in [3.63, 3.8) is 0 Å². The van der Waals surface area contributed by atoms with Crippen LogP contribution >= 0.6 is 0 Å². The molecule has 238 valence electrons. The Kier molecular flexibility index (Phi) is 9.48. The second kappa shape index (κ2) is 10.4. The van der Waals surface area contributed by atoms with Gasteiger partial charge in [0.1, 0.15) is 6.10 Å². The molecular weight excluding hydrogens is 580 g/mol. The molecule has 0 saturated heterocycles. The number of rotatable bonds is 5. The van der Waals surface area contributed by atoms with Gasteiger partial charge in [-0.05, 0) is 43.4 Å². The number of aliphatic hydroxyl groups is 2. The first-order valence-electron chi connectivity index (χ1n) is 12.1. The van der Waals surface area contributed by atoms with Gasteiger partial charge in [-0.3, -0.25) is 4.79 Å². The van der Waals surface area contributed by atoms with Crippen molar-refractivity contribution in [1.82, 2.24) is 0 Å². The lowest BCUT2D eigenvalue weighted by atomic mass is 9.61. The van der Waals surface area contributed by atoms with Crippen molar-refractivity contribution in [2.24, 2.45) is 28.1 Å². The van der Waals surface area contributed by atoms with E-state index in [0.717, 1.165) is 0 Å². The molecule has 16 heteroatoms. The molecule has 0 bridgehead atoms. The van der Waals surface area contributed by atoms with E-state index in [1.54, 1.807) is 20.8 Å². The minimum absolute atomic E-state index is 0.00795. The number of halogens is 12. The van der Waals surface area contributed by atoms with E-state index >= 15 is 0 Å². The molecule has 0 aromatic heterocycles. The number of carbonyl (C=O) groups is 1. The van der Waals surface area contributed by atoms with Crippen LogP contribution in [0.4, 0.5) is 52.7 Å². The maximum absolute atomic E-state index is 13.6. The molecule has 3 atom stereocenters. The molecule has 0 amide bonds. The lowest BCUT2D eigenvalue weighted by molar-refractivity contribution is -0.405. The standard InChI is InChI=1S/C24H34F12O4/c1-16(2,3)11-18(7,17(4,5)6)15(37)40-14-9-12(19(38,21(25,26)27)22(28,29)30)8-13(10-14)20(39,23(31,32)33)24(34,35)36/h12-14,38-39H,8-11H2,1-7H3. The van der Waals surface area contributed by atoms with Crippen LogP contribution in [0, 0.1) is 28.1 Å². The molecule has 0 aliphatic heterocycles. The molecule has 4 nitrogen and oxygen atoms in total. The van der Waals surface area contributed by atoms with Gasteiger partial charge in [0.25, 0.3) is 11.2 Å². The predicted octanol–water partition coefficient (Wildman–Crippen LogP) is 7.51. The minimum atomic E-state index is -6.60. The lowest BCUT2D eigenvalue weighted by Gasteiger charge is -2.49. The van der Waals surface area contributed by atoms with Gasteiger partial charge in [-0.1, -0.05) is 41.5 Å². The van der Waals surface area contributed by atoms with E-state index in [0.29, 0.717) is 0 Å². The summed E-state index contributed by atoms with van der Waals surface area (Å²) in [6.45, 7) is 11.0. The van der Waals surface area contributed by atoms with Crippen molar-refractivity contribution in [2.75, 3.05) is 0 Å². The molecule has 0 radical (unpaired) electrons. The quantitative estimate of drug-likeness (QED) is 0.249. The molecule has 1 aliphatic carbocycles. The summed E-state index contributed by atoms with van der Waals surface area (Å²) in [5.74, 6) is -8.09. The zero-order valence-electron chi connectivity index (χ0n) is 22.8. The maximum atomic E-state index is 13.6. The van der Waals surface area contributed by atoms with Crippen molar-refractivity contribution in [3.05, 3.63) is 0 Å². The van der Waals surface area contributed by atoms with Crippen molar-refractivity contribution in [2.45, 2.75) is 116 Å². The Morgan fingerprint density at radius 3 is 1.15 bits per heavy atom. The number of carbonyl (C=O) groups excluding carboxylic acids is 1. The summed E-state index contributed by atoms with van der Waals surface area (Å²) in [6.07, 6.45) is -34.2. The Bertz CT molecular complexity index is 832. The molecule has 1 aliphatic rings. The first-order valence-corrected chi connectivity index (χ1v) is 12.1. The molecule has 0 heterocycles. The highest BCUT2D eigenvalue weighted by atomic mass is 19.4.